The van der Waals surface area contributed by atoms with Gasteiger partial charge in [0.15, 0.2) is 0 Å². The van der Waals surface area contributed by atoms with Crippen LogP contribution in [-0.4, -0.2) is 49.8 Å². The first kappa shape index (κ1) is 23.6. The minimum atomic E-state index is -0.508. The lowest BCUT2D eigenvalue weighted by molar-refractivity contribution is -0.139. The van der Waals surface area contributed by atoms with Crippen LogP contribution in [0.3, 0.4) is 0 Å². The topological polar surface area (TPSA) is 67.9 Å². The number of carbonyl (C=O) groups excluding carboxylic acids is 2. The number of thioether (sulfide) groups is 1. The first-order chi connectivity index (χ1) is 14.5. The summed E-state index contributed by atoms with van der Waals surface area (Å²) in [6.07, 6.45) is 0.546. The van der Waals surface area contributed by atoms with E-state index in [0.717, 1.165) is 22.6 Å². The highest BCUT2D eigenvalue weighted by molar-refractivity contribution is 7.99. The summed E-state index contributed by atoms with van der Waals surface area (Å²) in [6.45, 7) is 2.29. The summed E-state index contributed by atoms with van der Waals surface area (Å²) in [7, 11) is 4.85. The van der Waals surface area contributed by atoms with Gasteiger partial charge in [0.05, 0.1) is 20.0 Å². The number of ether oxygens (including phenoxy) is 2. The van der Waals surface area contributed by atoms with Crippen LogP contribution in [0.1, 0.15) is 24.5 Å². The summed E-state index contributed by atoms with van der Waals surface area (Å²) in [4.78, 5) is 27.1. The molecule has 1 atom stereocenters. The van der Waals surface area contributed by atoms with E-state index in [9.17, 15) is 9.59 Å². The minimum Gasteiger partial charge on any atom is -0.497 e. The number of methoxy groups -OCH3 is 2. The molecule has 2 aromatic rings. The molecule has 0 saturated heterocycles. The van der Waals surface area contributed by atoms with Gasteiger partial charge in [0.25, 0.3) is 0 Å². The minimum absolute atomic E-state index is 0.0558. The van der Waals surface area contributed by atoms with Crippen molar-refractivity contribution in [3.8, 4) is 11.5 Å². The van der Waals surface area contributed by atoms with Gasteiger partial charge in [-0.15, -0.1) is 11.8 Å². The second kappa shape index (κ2) is 12.1. The molecule has 0 saturated carbocycles. The predicted octanol–water partition coefficient (Wildman–Crippen LogP) is 3.49. The van der Waals surface area contributed by atoms with Gasteiger partial charge in [-0.2, -0.15) is 0 Å². The van der Waals surface area contributed by atoms with Crippen LogP contribution >= 0.6 is 11.8 Å². The fourth-order valence-electron chi connectivity index (χ4n) is 3.07. The number of carbonyl (C=O) groups is 2. The maximum atomic E-state index is 13.1. The Morgan fingerprint density at radius 3 is 1.97 bits per heavy atom. The number of likely N-dealkylation sites (N-methyl/N-ethyl adjacent to an activating group) is 1. The Balaban J connectivity index is 2.06. The highest BCUT2D eigenvalue weighted by Gasteiger charge is 2.27. The highest BCUT2D eigenvalue weighted by atomic mass is 32.2. The van der Waals surface area contributed by atoms with E-state index in [2.05, 4.69) is 5.32 Å². The molecule has 2 aromatic carbocycles. The van der Waals surface area contributed by atoms with E-state index < -0.39 is 6.04 Å². The van der Waals surface area contributed by atoms with Gasteiger partial charge in [0, 0.05) is 19.3 Å². The molecule has 30 heavy (non-hydrogen) atoms. The molecule has 0 spiro atoms. The van der Waals surface area contributed by atoms with Crippen molar-refractivity contribution in [3.63, 3.8) is 0 Å². The number of nitrogens with zero attached hydrogens (tertiary/aromatic N) is 1. The Morgan fingerprint density at radius 1 is 0.967 bits per heavy atom. The summed E-state index contributed by atoms with van der Waals surface area (Å²) < 4.78 is 10.4. The van der Waals surface area contributed by atoms with Crippen molar-refractivity contribution in [3.05, 3.63) is 59.7 Å². The van der Waals surface area contributed by atoms with Crippen molar-refractivity contribution in [1.82, 2.24) is 10.2 Å². The van der Waals surface area contributed by atoms with Gasteiger partial charge in [0.2, 0.25) is 11.8 Å². The lowest BCUT2D eigenvalue weighted by atomic mass is 10.1. The molecule has 0 unspecified atom stereocenters. The van der Waals surface area contributed by atoms with Gasteiger partial charge < -0.3 is 19.7 Å². The van der Waals surface area contributed by atoms with Crippen molar-refractivity contribution in [2.24, 2.45) is 0 Å². The summed E-state index contributed by atoms with van der Waals surface area (Å²) in [5.41, 5.74) is 2.07. The summed E-state index contributed by atoms with van der Waals surface area (Å²) in [6, 6.07) is 14.8. The van der Waals surface area contributed by atoms with Crippen molar-refractivity contribution < 1.29 is 19.1 Å². The van der Waals surface area contributed by atoms with Gasteiger partial charge in [0.1, 0.15) is 17.5 Å². The zero-order valence-corrected chi connectivity index (χ0v) is 18.8. The molecule has 0 aromatic heterocycles. The van der Waals surface area contributed by atoms with Gasteiger partial charge in [-0.3, -0.25) is 9.59 Å². The molecular formula is C23H30N2O4S. The normalized spacial score (nSPS) is 11.5. The molecule has 0 aliphatic carbocycles. The molecule has 0 radical (unpaired) electrons. The largest absolute Gasteiger partial charge is 0.497 e. The quantitative estimate of drug-likeness (QED) is 0.591. The van der Waals surface area contributed by atoms with E-state index in [-0.39, 0.29) is 11.8 Å². The second-order valence-corrected chi connectivity index (χ2v) is 7.73. The number of benzene rings is 2. The second-order valence-electron chi connectivity index (χ2n) is 6.75. The number of rotatable bonds is 11. The van der Waals surface area contributed by atoms with Crippen molar-refractivity contribution in [2.75, 3.05) is 27.0 Å². The number of nitrogens with one attached hydrogen (secondary N) is 1. The SMILES string of the molecule is CC[C@@H](C(=O)NC)N(Cc1ccc(OC)cc1)C(=O)CSCc1ccc(OC)cc1. The molecule has 2 rings (SSSR count). The lowest BCUT2D eigenvalue weighted by Gasteiger charge is -2.30. The summed E-state index contributed by atoms with van der Waals surface area (Å²) in [5, 5.41) is 2.68. The van der Waals surface area contributed by atoms with Gasteiger partial charge in [-0.25, -0.2) is 0 Å². The third kappa shape index (κ3) is 6.69. The standard InChI is InChI=1S/C23H30N2O4S/c1-5-21(23(27)24-2)25(14-17-6-10-19(28-3)11-7-17)22(26)16-30-15-18-8-12-20(29-4)13-9-18/h6-13,21H,5,14-16H2,1-4H3,(H,24,27)/t21-/m0/s1. The molecule has 6 nitrogen and oxygen atoms in total. The van der Waals surface area contributed by atoms with Crippen LogP contribution in [0.5, 0.6) is 11.5 Å². The fraction of sp³-hybridized carbons (Fsp3) is 0.391. The Kier molecular flexibility index (Phi) is 9.54. The maximum Gasteiger partial charge on any atom is 0.242 e. The number of hydrogen-bond acceptors (Lipinski definition) is 5. The molecule has 0 aliphatic heterocycles. The van der Waals surface area contributed by atoms with E-state index in [1.807, 2.05) is 55.5 Å². The molecule has 0 bridgehead atoms. The average molecular weight is 431 g/mol. The van der Waals surface area contributed by atoms with E-state index in [1.165, 1.54) is 11.8 Å². The average Bonchev–Trinajstić information content (AvgIpc) is 2.79. The first-order valence-corrected chi connectivity index (χ1v) is 11.0. The van der Waals surface area contributed by atoms with Crippen LogP contribution in [0, 0.1) is 0 Å². The van der Waals surface area contributed by atoms with E-state index in [0.29, 0.717) is 24.5 Å². The molecule has 2 amide bonds. The molecule has 7 heteroatoms. The zero-order chi connectivity index (χ0) is 21.9. The summed E-state index contributed by atoms with van der Waals surface area (Å²) in [5.74, 6) is 2.37. The van der Waals surface area contributed by atoms with E-state index >= 15 is 0 Å². The van der Waals surface area contributed by atoms with E-state index in [1.54, 1.807) is 26.2 Å². The monoisotopic (exact) mass is 430 g/mol. The summed E-state index contributed by atoms with van der Waals surface area (Å²) >= 11 is 1.54. The van der Waals surface area contributed by atoms with Crippen LogP contribution < -0.4 is 14.8 Å². The molecule has 1 N–H and O–H groups in total. The zero-order valence-electron chi connectivity index (χ0n) is 18.0. The first-order valence-electron chi connectivity index (χ1n) is 9.87. The number of hydrogen-bond donors (Lipinski definition) is 1. The Labute approximate surface area is 182 Å². The van der Waals surface area contributed by atoms with Crippen LogP contribution in [0.25, 0.3) is 0 Å². The molecule has 0 aliphatic rings. The van der Waals surface area contributed by atoms with Gasteiger partial charge in [-0.05, 0) is 41.8 Å². The van der Waals surface area contributed by atoms with Crippen LogP contribution in [0.15, 0.2) is 48.5 Å². The lowest BCUT2D eigenvalue weighted by Crippen LogP contribution is -2.48. The van der Waals surface area contributed by atoms with Crippen molar-refractivity contribution >= 4 is 23.6 Å². The van der Waals surface area contributed by atoms with Crippen molar-refractivity contribution in [2.45, 2.75) is 31.7 Å². The molecule has 162 valence electrons. The smallest absolute Gasteiger partial charge is 0.242 e. The molecular weight excluding hydrogens is 400 g/mol. The highest BCUT2D eigenvalue weighted by Crippen LogP contribution is 2.20. The Hall–Kier alpha value is -2.67. The molecule has 0 heterocycles. The van der Waals surface area contributed by atoms with Crippen LogP contribution in [0.2, 0.25) is 0 Å². The number of amides is 2. The fourth-order valence-corrected chi connectivity index (χ4v) is 3.95. The van der Waals surface area contributed by atoms with Gasteiger partial charge >= 0.3 is 0 Å². The van der Waals surface area contributed by atoms with Gasteiger partial charge in [-0.1, -0.05) is 31.2 Å². The van der Waals surface area contributed by atoms with Crippen LogP contribution in [0.4, 0.5) is 0 Å². The third-order valence-electron chi connectivity index (χ3n) is 4.80. The maximum absolute atomic E-state index is 13.1. The Morgan fingerprint density at radius 2 is 1.50 bits per heavy atom. The van der Waals surface area contributed by atoms with Crippen LogP contribution in [-0.2, 0) is 21.9 Å². The third-order valence-corrected chi connectivity index (χ3v) is 5.79. The predicted molar refractivity (Wildman–Crippen MR) is 121 cm³/mol. The molecule has 0 fully saturated rings. The Bertz CT molecular complexity index is 809. The van der Waals surface area contributed by atoms with Crippen molar-refractivity contribution in [1.29, 1.82) is 0 Å². The van der Waals surface area contributed by atoms with E-state index in [4.69, 9.17) is 9.47 Å².